The van der Waals surface area contributed by atoms with Crippen molar-refractivity contribution < 1.29 is 14.2 Å². The van der Waals surface area contributed by atoms with Gasteiger partial charge in [-0.25, -0.2) is 0 Å². The molecule has 0 rings (SSSR count). The molecule has 17 heavy (non-hydrogen) atoms. The summed E-state index contributed by atoms with van der Waals surface area (Å²) in [5.41, 5.74) is 0. The third kappa shape index (κ3) is 15.4. The highest BCUT2D eigenvalue weighted by atomic mass is 16.5. The first-order valence-corrected chi connectivity index (χ1v) is 6.45. The zero-order chi connectivity index (χ0) is 12.6. The maximum absolute atomic E-state index is 5.36. The average Bonchev–Trinajstić information content (AvgIpc) is 2.35. The summed E-state index contributed by atoms with van der Waals surface area (Å²) in [6.45, 7) is 8.48. The van der Waals surface area contributed by atoms with Gasteiger partial charge in [-0.15, -0.1) is 0 Å². The Labute approximate surface area is 105 Å². The summed E-state index contributed by atoms with van der Waals surface area (Å²) in [4.78, 5) is 0. The van der Waals surface area contributed by atoms with E-state index in [1.54, 1.807) is 0 Å². The standard InChI is InChI=1S/C14H26O3/c1-3-9-15-11-5-7-13-17-14-8-6-12-16-10-4-2/h5-8H,3-4,9-14H2,1-2H3. The van der Waals surface area contributed by atoms with Crippen LogP contribution in [-0.2, 0) is 14.2 Å². The Bertz CT molecular complexity index is 168. The van der Waals surface area contributed by atoms with Gasteiger partial charge in [0, 0.05) is 13.2 Å². The van der Waals surface area contributed by atoms with E-state index in [1.807, 2.05) is 24.3 Å². The van der Waals surface area contributed by atoms with Crippen LogP contribution in [0.5, 0.6) is 0 Å². The molecule has 0 saturated carbocycles. The predicted octanol–water partition coefficient (Wildman–Crippen LogP) is 2.97. The molecule has 0 aliphatic rings. The van der Waals surface area contributed by atoms with Crippen LogP contribution in [0.15, 0.2) is 24.3 Å². The number of rotatable bonds is 12. The van der Waals surface area contributed by atoms with E-state index in [9.17, 15) is 0 Å². The van der Waals surface area contributed by atoms with Crippen LogP contribution in [0.3, 0.4) is 0 Å². The van der Waals surface area contributed by atoms with Crippen molar-refractivity contribution in [1.82, 2.24) is 0 Å². The quantitative estimate of drug-likeness (QED) is 0.389. The topological polar surface area (TPSA) is 27.7 Å². The molecule has 0 unspecified atom stereocenters. The van der Waals surface area contributed by atoms with Gasteiger partial charge < -0.3 is 14.2 Å². The van der Waals surface area contributed by atoms with Gasteiger partial charge in [0.2, 0.25) is 0 Å². The van der Waals surface area contributed by atoms with Crippen LogP contribution in [-0.4, -0.2) is 39.6 Å². The first-order chi connectivity index (χ1) is 8.41. The molecule has 0 fully saturated rings. The van der Waals surface area contributed by atoms with E-state index in [-0.39, 0.29) is 0 Å². The Morgan fingerprint density at radius 1 is 0.588 bits per heavy atom. The maximum Gasteiger partial charge on any atom is 0.0652 e. The van der Waals surface area contributed by atoms with Crippen molar-refractivity contribution in [2.75, 3.05) is 39.6 Å². The monoisotopic (exact) mass is 242 g/mol. The molecule has 0 atom stereocenters. The Kier molecular flexibility index (Phi) is 14.8. The molecule has 0 bridgehead atoms. The summed E-state index contributed by atoms with van der Waals surface area (Å²) < 4.78 is 15.9. The predicted molar refractivity (Wildman–Crippen MR) is 71.3 cm³/mol. The lowest BCUT2D eigenvalue weighted by Crippen LogP contribution is -1.95. The number of hydrogen-bond acceptors (Lipinski definition) is 3. The molecular weight excluding hydrogens is 216 g/mol. The highest BCUT2D eigenvalue weighted by Gasteiger charge is 1.82. The maximum atomic E-state index is 5.36. The lowest BCUT2D eigenvalue weighted by molar-refractivity contribution is 0.159. The molecule has 0 aromatic rings. The van der Waals surface area contributed by atoms with E-state index in [4.69, 9.17) is 14.2 Å². The Balaban J connectivity index is 3.11. The second kappa shape index (κ2) is 15.4. The van der Waals surface area contributed by atoms with Crippen molar-refractivity contribution in [2.45, 2.75) is 26.7 Å². The molecular formula is C14H26O3. The molecule has 0 N–H and O–H groups in total. The molecule has 3 heteroatoms. The fourth-order valence-corrected chi connectivity index (χ4v) is 1.07. The molecule has 3 nitrogen and oxygen atoms in total. The van der Waals surface area contributed by atoms with Gasteiger partial charge in [-0.1, -0.05) is 38.2 Å². The molecule has 100 valence electrons. The summed E-state index contributed by atoms with van der Waals surface area (Å²) in [6, 6.07) is 0. The molecule has 0 aromatic heterocycles. The first-order valence-electron chi connectivity index (χ1n) is 6.45. The lowest BCUT2D eigenvalue weighted by atomic mass is 10.5. The zero-order valence-corrected chi connectivity index (χ0v) is 11.2. The van der Waals surface area contributed by atoms with Crippen LogP contribution in [0, 0.1) is 0 Å². The zero-order valence-electron chi connectivity index (χ0n) is 11.2. The van der Waals surface area contributed by atoms with Gasteiger partial charge in [-0.05, 0) is 12.8 Å². The van der Waals surface area contributed by atoms with Crippen LogP contribution in [0.25, 0.3) is 0 Å². The normalized spacial score (nSPS) is 11.9. The van der Waals surface area contributed by atoms with Gasteiger partial charge in [-0.3, -0.25) is 0 Å². The third-order valence-electron chi connectivity index (χ3n) is 1.89. The summed E-state index contributed by atoms with van der Waals surface area (Å²) in [6.07, 6.45) is 10.1. The number of hydrogen-bond donors (Lipinski definition) is 0. The highest BCUT2D eigenvalue weighted by molar-refractivity contribution is 4.84. The second-order valence-corrected chi connectivity index (χ2v) is 3.63. The van der Waals surface area contributed by atoms with Crippen LogP contribution >= 0.6 is 0 Å². The fraction of sp³-hybridized carbons (Fsp3) is 0.714. The largest absolute Gasteiger partial charge is 0.377 e. The first kappa shape index (κ1) is 16.4. The van der Waals surface area contributed by atoms with Crippen molar-refractivity contribution in [2.24, 2.45) is 0 Å². The van der Waals surface area contributed by atoms with Crippen molar-refractivity contribution in [1.29, 1.82) is 0 Å². The van der Waals surface area contributed by atoms with Crippen molar-refractivity contribution >= 4 is 0 Å². The van der Waals surface area contributed by atoms with Gasteiger partial charge in [0.05, 0.1) is 26.4 Å². The van der Waals surface area contributed by atoms with E-state index in [0.717, 1.165) is 26.1 Å². The fourth-order valence-electron chi connectivity index (χ4n) is 1.07. The van der Waals surface area contributed by atoms with Crippen molar-refractivity contribution in [3.63, 3.8) is 0 Å². The Morgan fingerprint density at radius 2 is 0.941 bits per heavy atom. The van der Waals surface area contributed by atoms with Gasteiger partial charge in [0.15, 0.2) is 0 Å². The molecule has 0 radical (unpaired) electrons. The van der Waals surface area contributed by atoms with Crippen LogP contribution in [0.2, 0.25) is 0 Å². The van der Waals surface area contributed by atoms with E-state index in [2.05, 4.69) is 13.8 Å². The summed E-state index contributed by atoms with van der Waals surface area (Å²) in [5, 5.41) is 0. The van der Waals surface area contributed by atoms with Gasteiger partial charge in [-0.2, -0.15) is 0 Å². The SMILES string of the molecule is CCCOCC=CCOCC=CCOCCC. The van der Waals surface area contributed by atoms with Crippen LogP contribution < -0.4 is 0 Å². The molecule has 0 aliphatic heterocycles. The second-order valence-electron chi connectivity index (χ2n) is 3.63. The highest BCUT2D eigenvalue weighted by Crippen LogP contribution is 1.85. The molecule has 0 spiro atoms. The summed E-state index contributed by atoms with van der Waals surface area (Å²) in [5.74, 6) is 0. The summed E-state index contributed by atoms with van der Waals surface area (Å²) in [7, 11) is 0. The van der Waals surface area contributed by atoms with Gasteiger partial charge >= 0.3 is 0 Å². The lowest BCUT2D eigenvalue weighted by Gasteiger charge is -1.98. The molecule has 0 amide bonds. The minimum absolute atomic E-state index is 0.635. The van der Waals surface area contributed by atoms with E-state index < -0.39 is 0 Å². The third-order valence-corrected chi connectivity index (χ3v) is 1.89. The van der Waals surface area contributed by atoms with Crippen molar-refractivity contribution in [3.8, 4) is 0 Å². The average molecular weight is 242 g/mol. The van der Waals surface area contributed by atoms with Gasteiger partial charge in [0.25, 0.3) is 0 Å². The number of ether oxygens (including phenoxy) is 3. The van der Waals surface area contributed by atoms with Crippen molar-refractivity contribution in [3.05, 3.63) is 24.3 Å². The van der Waals surface area contributed by atoms with E-state index in [1.165, 1.54) is 0 Å². The van der Waals surface area contributed by atoms with Crippen LogP contribution in [0.4, 0.5) is 0 Å². The van der Waals surface area contributed by atoms with E-state index >= 15 is 0 Å². The van der Waals surface area contributed by atoms with Crippen LogP contribution in [0.1, 0.15) is 26.7 Å². The van der Waals surface area contributed by atoms with Gasteiger partial charge in [0.1, 0.15) is 0 Å². The van der Waals surface area contributed by atoms with E-state index in [0.29, 0.717) is 26.4 Å². The Morgan fingerprint density at radius 3 is 1.29 bits per heavy atom. The smallest absolute Gasteiger partial charge is 0.0652 e. The minimum Gasteiger partial charge on any atom is -0.377 e. The Hall–Kier alpha value is -0.640. The summed E-state index contributed by atoms with van der Waals surface area (Å²) >= 11 is 0. The molecule has 0 heterocycles. The minimum atomic E-state index is 0.635. The molecule has 0 aromatic carbocycles. The molecule has 0 aliphatic carbocycles. The molecule has 0 saturated heterocycles.